The van der Waals surface area contributed by atoms with Crippen LogP contribution in [0.4, 0.5) is 5.82 Å². The third kappa shape index (κ3) is 1.58. The molecular formula is C12H15N3S. The third-order valence-electron chi connectivity index (χ3n) is 3.27. The number of fused-ring (bicyclic) bond motifs is 1. The van der Waals surface area contributed by atoms with Crippen molar-refractivity contribution in [1.29, 1.82) is 0 Å². The predicted molar refractivity (Wildman–Crippen MR) is 69.3 cm³/mol. The second-order valence-electron chi connectivity index (χ2n) is 4.26. The van der Waals surface area contributed by atoms with Crippen molar-refractivity contribution < 1.29 is 0 Å². The van der Waals surface area contributed by atoms with Crippen molar-refractivity contribution in [2.75, 3.05) is 25.0 Å². The lowest BCUT2D eigenvalue weighted by atomic mass is 10.2. The van der Waals surface area contributed by atoms with Crippen molar-refractivity contribution in [3.63, 3.8) is 0 Å². The number of hydrogen-bond acceptors (Lipinski definition) is 4. The highest BCUT2D eigenvalue weighted by molar-refractivity contribution is 7.13. The maximum Gasteiger partial charge on any atom is 0.150 e. The first kappa shape index (κ1) is 10.1. The Hall–Kier alpha value is -1.13. The van der Waals surface area contributed by atoms with E-state index in [0.29, 0.717) is 6.04 Å². The van der Waals surface area contributed by atoms with Gasteiger partial charge in [0.1, 0.15) is 5.82 Å². The number of likely N-dealkylation sites (N-methyl/N-ethyl adjacent to an activating group) is 1. The van der Waals surface area contributed by atoms with Gasteiger partial charge in [-0.1, -0.05) is 12.1 Å². The minimum Gasteiger partial charge on any atom is -0.354 e. The van der Waals surface area contributed by atoms with Crippen LogP contribution in [0.15, 0.2) is 24.3 Å². The molecule has 84 valence electrons. The molecule has 1 unspecified atom stereocenters. The fraction of sp³-hybridized carbons (Fsp3) is 0.417. The molecule has 0 amide bonds. The molecule has 0 radical (unpaired) electrons. The smallest absolute Gasteiger partial charge is 0.150 e. The van der Waals surface area contributed by atoms with E-state index in [2.05, 4.69) is 45.9 Å². The van der Waals surface area contributed by atoms with E-state index in [0.717, 1.165) is 18.9 Å². The van der Waals surface area contributed by atoms with Crippen LogP contribution in [0.25, 0.3) is 10.1 Å². The molecule has 3 nitrogen and oxygen atoms in total. The summed E-state index contributed by atoms with van der Waals surface area (Å²) in [6, 6.07) is 9.04. The lowest BCUT2D eigenvalue weighted by Crippen LogP contribution is -2.33. The van der Waals surface area contributed by atoms with Gasteiger partial charge in [-0.3, -0.25) is 0 Å². The van der Waals surface area contributed by atoms with Crippen molar-refractivity contribution in [1.82, 2.24) is 9.69 Å². The first-order chi connectivity index (χ1) is 7.86. The Kier molecular flexibility index (Phi) is 2.53. The average molecular weight is 233 g/mol. The standard InChI is InChI=1S/C12H15N3S/c1-15(9-6-7-13-8-9)12-10-4-2-3-5-11(10)16-14-12/h2-5,9,13H,6-8H2,1H3. The summed E-state index contributed by atoms with van der Waals surface area (Å²) < 4.78 is 5.85. The van der Waals surface area contributed by atoms with Crippen LogP contribution in [-0.2, 0) is 0 Å². The number of nitrogens with one attached hydrogen (secondary N) is 1. The second-order valence-corrected chi connectivity index (χ2v) is 5.06. The van der Waals surface area contributed by atoms with Gasteiger partial charge in [0, 0.05) is 25.0 Å². The van der Waals surface area contributed by atoms with Crippen molar-refractivity contribution in [2.45, 2.75) is 12.5 Å². The summed E-state index contributed by atoms with van der Waals surface area (Å²) in [5.74, 6) is 1.13. The summed E-state index contributed by atoms with van der Waals surface area (Å²) in [5, 5.41) is 4.68. The van der Waals surface area contributed by atoms with Gasteiger partial charge in [-0.05, 0) is 36.6 Å². The maximum atomic E-state index is 4.58. The van der Waals surface area contributed by atoms with Crippen LogP contribution < -0.4 is 10.2 Å². The molecular weight excluding hydrogens is 218 g/mol. The molecule has 16 heavy (non-hydrogen) atoms. The molecule has 1 atom stereocenters. The van der Waals surface area contributed by atoms with Crippen molar-refractivity contribution in [2.24, 2.45) is 0 Å². The summed E-state index contributed by atoms with van der Waals surface area (Å²) in [6.45, 7) is 2.19. The van der Waals surface area contributed by atoms with E-state index in [9.17, 15) is 0 Å². The summed E-state index contributed by atoms with van der Waals surface area (Å²) in [7, 11) is 2.15. The van der Waals surface area contributed by atoms with Gasteiger partial charge in [-0.2, -0.15) is 4.37 Å². The fourth-order valence-electron chi connectivity index (χ4n) is 2.27. The lowest BCUT2D eigenvalue weighted by molar-refractivity contribution is 0.682. The summed E-state index contributed by atoms with van der Waals surface area (Å²) in [4.78, 5) is 2.32. The minimum atomic E-state index is 0.588. The monoisotopic (exact) mass is 233 g/mol. The molecule has 0 spiro atoms. The van der Waals surface area contributed by atoms with E-state index in [1.807, 2.05) is 0 Å². The molecule has 1 aromatic heterocycles. The molecule has 1 aliphatic heterocycles. The van der Waals surface area contributed by atoms with Gasteiger partial charge in [-0.15, -0.1) is 0 Å². The molecule has 1 N–H and O–H groups in total. The minimum absolute atomic E-state index is 0.588. The molecule has 1 aliphatic rings. The number of anilines is 1. The number of aromatic nitrogens is 1. The molecule has 0 saturated carbocycles. The zero-order chi connectivity index (χ0) is 11.0. The van der Waals surface area contributed by atoms with Crippen LogP contribution in [0.1, 0.15) is 6.42 Å². The van der Waals surface area contributed by atoms with Crippen LogP contribution in [0, 0.1) is 0 Å². The highest BCUT2D eigenvalue weighted by Gasteiger charge is 2.22. The number of benzene rings is 1. The van der Waals surface area contributed by atoms with Crippen molar-refractivity contribution >= 4 is 27.4 Å². The first-order valence-electron chi connectivity index (χ1n) is 5.64. The van der Waals surface area contributed by atoms with E-state index in [1.54, 1.807) is 11.5 Å². The average Bonchev–Trinajstić information content (AvgIpc) is 2.98. The van der Waals surface area contributed by atoms with E-state index in [-0.39, 0.29) is 0 Å². The van der Waals surface area contributed by atoms with Crippen LogP contribution in [0.5, 0.6) is 0 Å². The van der Waals surface area contributed by atoms with Gasteiger partial charge in [-0.25, -0.2) is 0 Å². The van der Waals surface area contributed by atoms with E-state index < -0.39 is 0 Å². The zero-order valence-corrected chi connectivity index (χ0v) is 10.1. The Morgan fingerprint density at radius 3 is 3.12 bits per heavy atom. The quantitative estimate of drug-likeness (QED) is 0.861. The molecule has 3 rings (SSSR count). The van der Waals surface area contributed by atoms with Crippen LogP contribution in [0.3, 0.4) is 0 Å². The molecule has 4 heteroatoms. The summed E-state index contributed by atoms with van der Waals surface area (Å²) in [5.41, 5.74) is 0. The molecule has 1 aromatic carbocycles. The predicted octanol–water partition coefficient (Wildman–Crippen LogP) is 2.09. The molecule has 1 saturated heterocycles. The van der Waals surface area contributed by atoms with E-state index >= 15 is 0 Å². The van der Waals surface area contributed by atoms with Gasteiger partial charge in [0.25, 0.3) is 0 Å². The Balaban J connectivity index is 1.98. The van der Waals surface area contributed by atoms with Gasteiger partial charge in [0.2, 0.25) is 0 Å². The Bertz CT molecular complexity index is 488. The Morgan fingerprint density at radius 1 is 1.44 bits per heavy atom. The highest BCUT2D eigenvalue weighted by Crippen LogP contribution is 2.30. The van der Waals surface area contributed by atoms with Gasteiger partial charge < -0.3 is 10.2 Å². The van der Waals surface area contributed by atoms with Crippen LogP contribution in [-0.4, -0.2) is 30.6 Å². The molecule has 0 aliphatic carbocycles. The molecule has 2 aromatic rings. The van der Waals surface area contributed by atoms with Crippen molar-refractivity contribution in [3.8, 4) is 0 Å². The molecule has 0 bridgehead atoms. The molecule has 1 fully saturated rings. The van der Waals surface area contributed by atoms with E-state index in [4.69, 9.17) is 0 Å². The Morgan fingerprint density at radius 2 is 2.31 bits per heavy atom. The van der Waals surface area contributed by atoms with Gasteiger partial charge in [0.15, 0.2) is 0 Å². The summed E-state index contributed by atoms with van der Waals surface area (Å²) in [6.07, 6.45) is 1.21. The van der Waals surface area contributed by atoms with Gasteiger partial charge in [0.05, 0.1) is 4.70 Å². The fourth-order valence-corrected chi connectivity index (χ4v) is 3.08. The second kappa shape index (κ2) is 4.03. The normalized spacial score (nSPS) is 20.4. The van der Waals surface area contributed by atoms with Crippen LogP contribution in [0.2, 0.25) is 0 Å². The third-order valence-corrected chi connectivity index (χ3v) is 4.09. The lowest BCUT2D eigenvalue weighted by Gasteiger charge is -2.23. The van der Waals surface area contributed by atoms with Gasteiger partial charge >= 0.3 is 0 Å². The topological polar surface area (TPSA) is 28.2 Å². The van der Waals surface area contributed by atoms with E-state index in [1.165, 1.54) is 16.5 Å². The molecule has 2 heterocycles. The zero-order valence-electron chi connectivity index (χ0n) is 9.31. The Labute approximate surface area is 99.2 Å². The first-order valence-corrected chi connectivity index (χ1v) is 6.41. The van der Waals surface area contributed by atoms with Crippen LogP contribution >= 0.6 is 11.5 Å². The van der Waals surface area contributed by atoms with Crippen molar-refractivity contribution in [3.05, 3.63) is 24.3 Å². The SMILES string of the molecule is CN(c1nsc2ccccc12)C1CCNC1. The largest absolute Gasteiger partial charge is 0.354 e. The number of rotatable bonds is 2. The number of nitrogens with zero attached hydrogens (tertiary/aromatic N) is 2. The summed E-state index contributed by atoms with van der Waals surface area (Å²) >= 11 is 1.59. The maximum absolute atomic E-state index is 4.58. The number of hydrogen-bond donors (Lipinski definition) is 1. The highest BCUT2D eigenvalue weighted by atomic mass is 32.1.